The van der Waals surface area contributed by atoms with E-state index in [4.69, 9.17) is 5.73 Å². The van der Waals surface area contributed by atoms with E-state index in [0.29, 0.717) is 11.3 Å². The van der Waals surface area contributed by atoms with E-state index in [-0.39, 0.29) is 11.9 Å². The average Bonchev–Trinajstić information content (AvgIpc) is 2.96. The molecule has 3 rings (SSSR count). The molecule has 0 saturated heterocycles. The van der Waals surface area contributed by atoms with Gasteiger partial charge < -0.3 is 10.6 Å². The summed E-state index contributed by atoms with van der Waals surface area (Å²) in [6.45, 7) is 2.90. The van der Waals surface area contributed by atoms with Gasteiger partial charge in [0.05, 0.1) is 11.6 Å². The zero-order valence-corrected chi connectivity index (χ0v) is 14.2. The van der Waals surface area contributed by atoms with Gasteiger partial charge in [-0.2, -0.15) is 0 Å². The molecule has 3 nitrogen and oxygen atoms in total. The Morgan fingerprint density at radius 3 is 3.05 bits per heavy atom. The molecule has 1 amide bonds. The summed E-state index contributed by atoms with van der Waals surface area (Å²) in [4.78, 5) is 16.3. The van der Waals surface area contributed by atoms with Gasteiger partial charge in [0.25, 0.3) is 5.91 Å². The highest BCUT2D eigenvalue weighted by atomic mass is 79.9. The van der Waals surface area contributed by atoms with Crippen LogP contribution in [0.4, 0.5) is 5.69 Å². The number of thiophene rings is 1. The van der Waals surface area contributed by atoms with Crippen LogP contribution >= 0.6 is 27.3 Å². The molecule has 5 heteroatoms. The standard InChI is InChI=1S/C16H17BrN2OS/c1-2-14-11-6-8-21-15(11)5-7-19(14)16(20)12-9-10(18)3-4-13(12)17/h3-4,6,8-9,14H,2,5,7,18H2,1H3. The predicted octanol–water partition coefficient (Wildman–Crippen LogP) is 4.24. The van der Waals surface area contributed by atoms with E-state index in [1.807, 2.05) is 11.0 Å². The summed E-state index contributed by atoms with van der Waals surface area (Å²) in [6.07, 6.45) is 1.87. The molecule has 1 aliphatic heterocycles. The maximum atomic E-state index is 12.9. The highest BCUT2D eigenvalue weighted by Gasteiger charge is 2.31. The first kappa shape index (κ1) is 14.6. The van der Waals surface area contributed by atoms with Crippen LogP contribution in [-0.4, -0.2) is 17.4 Å². The first-order chi connectivity index (χ1) is 10.1. The summed E-state index contributed by atoms with van der Waals surface area (Å²) in [6, 6.07) is 7.71. The number of rotatable bonds is 2. The summed E-state index contributed by atoms with van der Waals surface area (Å²) in [7, 11) is 0. The van der Waals surface area contributed by atoms with E-state index >= 15 is 0 Å². The number of nitrogens with two attached hydrogens (primary N) is 1. The van der Waals surface area contributed by atoms with Crippen LogP contribution in [-0.2, 0) is 6.42 Å². The van der Waals surface area contributed by atoms with E-state index in [0.717, 1.165) is 23.9 Å². The lowest BCUT2D eigenvalue weighted by Gasteiger charge is -2.35. The molecule has 1 aromatic heterocycles. The number of anilines is 1. The molecular formula is C16H17BrN2OS. The molecule has 1 aliphatic rings. The maximum Gasteiger partial charge on any atom is 0.255 e. The third kappa shape index (κ3) is 2.60. The van der Waals surface area contributed by atoms with Gasteiger partial charge in [0.15, 0.2) is 0 Å². The largest absolute Gasteiger partial charge is 0.399 e. The number of amides is 1. The molecule has 21 heavy (non-hydrogen) atoms. The van der Waals surface area contributed by atoms with Gasteiger partial charge >= 0.3 is 0 Å². The van der Waals surface area contributed by atoms with Crippen LogP contribution in [0.2, 0.25) is 0 Å². The molecule has 110 valence electrons. The normalized spacial score (nSPS) is 17.6. The molecule has 1 aromatic carbocycles. The minimum atomic E-state index is 0.0536. The number of nitrogen functional groups attached to an aromatic ring is 1. The van der Waals surface area contributed by atoms with E-state index in [1.165, 1.54) is 10.4 Å². The number of hydrogen-bond donors (Lipinski definition) is 1. The second-order valence-electron chi connectivity index (χ2n) is 5.21. The summed E-state index contributed by atoms with van der Waals surface area (Å²) in [5.74, 6) is 0.0536. The number of halogens is 1. The molecule has 1 unspecified atom stereocenters. The van der Waals surface area contributed by atoms with Crippen LogP contribution in [0.1, 0.15) is 40.2 Å². The Kier molecular flexibility index (Phi) is 4.04. The molecule has 2 heterocycles. The second kappa shape index (κ2) is 5.81. The fraction of sp³-hybridized carbons (Fsp3) is 0.312. The fourth-order valence-corrected chi connectivity index (χ4v) is 4.29. The molecule has 0 radical (unpaired) electrons. The first-order valence-corrected chi connectivity index (χ1v) is 8.71. The monoisotopic (exact) mass is 364 g/mol. The van der Waals surface area contributed by atoms with Crippen LogP contribution < -0.4 is 5.73 Å². The molecular weight excluding hydrogens is 348 g/mol. The highest BCUT2D eigenvalue weighted by Crippen LogP contribution is 2.36. The van der Waals surface area contributed by atoms with E-state index in [2.05, 4.69) is 34.3 Å². The molecule has 0 bridgehead atoms. The van der Waals surface area contributed by atoms with Gasteiger partial charge in [-0.3, -0.25) is 4.79 Å². The molecule has 1 atom stereocenters. The van der Waals surface area contributed by atoms with Crippen LogP contribution in [0.25, 0.3) is 0 Å². The number of nitrogens with zero attached hydrogens (tertiary/aromatic N) is 1. The Labute approximate surface area is 136 Å². The average molecular weight is 365 g/mol. The molecule has 2 aromatic rings. The third-order valence-corrected chi connectivity index (χ3v) is 5.65. The number of carbonyl (C=O) groups excluding carboxylic acids is 1. The van der Waals surface area contributed by atoms with Crippen LogP contribution in [0.5, 0.6) is 0 Å². The van der Waals surface area contributed by atoms with Crippen molar-refractivity contribution in [1.82, 2.24) is 4.90 Å². The SMILES string of the molecule is CCC1c2ccsc2CCN1C(=O)c1cc(N)ccc1Br. The maximum absolute atomic E-state index is 12.9. The minimum Gasteiger partial charge on any atom is -0.399 e. The van der Waals surface area contributed by atoms with E-state index in [1.54, 1.807) is 23.5 Å². The van der Waals surface area contributed by atoms with Gasteiger partial charge in [-0.05, 0) is 64.0 Å². The number of benzene rings is 1. The van der Waals surface area contributed by atoms with Gasteiger partial charge in [0.2, 0.25) is 0 Å². The lowest BCUT2D eigenvalue weighted by atomic mass is 9.97. The van der Waals surface area contributed by atoms with Crippen molar-refractivity contribution < 1.29 is 4.79 Å². The lowest BCUT2D eigenvalue weighted by molar-refractivity contribution is 0.0656. The molecule has 0 spiro atoms. The third-order valence-electron chi connectivity index (χ3n) is 3.96. The van der Waals surface area contributed by atoms with Crippen molar-refractivity contribution in [3.05, 3.63) is 50.1 Å². The Hall–Kier alpha value is -1.33. The lowest BCUT2D eigenvalue weighted by Crippen LogP contribution is -2.39. The van der Waals surface area contributed by atoms with Crippen molar-refractivity contribution in [3.63, 3.8) is 0 Å². The quantitative estimate of drug-likeness (QED) is 0.809. The fourth-order valence-electron chi connectivity index (χ4n) is 2.94. The number of fused-ring (bicyclic) bond motifs is 1. The van der Waals surface area contributed by atoms with Crippen molar-refractivity contribution in [2.24, 2.45) is 0 Å². The zero-order chi connectivity index (χ0) is 15.0. The highest BCUT2D eigenvalue weighted by molar-refractivity contribution is 9.10. The van der Waals surface area contributed by atoms with Crippen LogP contribution in [0, 0.1) is 0 Å². The Balaban J connectivity index is 1.96. The van der Waals surface area contributed by atoms with Crippen molar-refractivity contribution in [2.75, 3.05) is 12.3 Å². The Bertz CT molecular complexity index is 683. The van der Waals surface area contributed by atoms with Gasteiger partial charge in [-0.25, -0.2) is 0 Å². The van der Waals surface area contributed by atoms with E-state index < -0.39 is 0 Å². The van der Waals surface area contributed by atoms with Crippen LogP contribution in [0.15, 0.2) is 34.1 Å². The summed E-state index contributed by atoms with van der Waals surface area (Å²) < 4.78 is 0.799. The second-order valence-corrected chi connectivity index (χ2v) is 7.07. The number of carbonyl (C=O) groups is 1. The molecule has 0 fully saturated rings. The smallest absolute Gasteiger partial charge is 0.255 e. The van der Waals surface area contributed by atoms with Gasteiger partial charge in [-0.15, -0.1) is 11.3 Å². The van der Waals surface area contributed by atoms with Crippen molar-refractivity contribution in [2.45, 2.75) is 25.8 Å². The summed E-state index contributed by atoms with van der Waals surface area (Å²) in [5, 5.41) is 2.12. The van der Waals surface area contributed by atoms with Crippen LogP contribution in [0.3, 0.4) is 0 Å². The molecule has 2 N–H and O–H groups in total. The van der Waals surface area contributed by atoms with Gasteiger partial charge in [-0.1, -0.05) is 6.92 Å². The topological polar surface area (TPSA) is 46.3 Å². The predicted molar refractivity (Wildman–Crippen MR) is 90.6 cm³/mol. The van der Waals surface area contributed by atoms with Crippen molar-refractivity contribution in [1.29, 1.82) is 0 Å². The molecule has 0 saturated carbocycles. The number of hydrogen-bond acceptors (Lipinski definition) is 3. The minimum absolute atomic E-state index is 0.0536. The van der Waals surface area contributed by atoms with E-state index in [9.17, 15) is 4.79 Å². The zero-order valence-electron chi connectivity index (χ0n) is 11.8. The van der Waals surface area contributed by atoms with Gasteiger partial charge in [0, 0.05) is 21.6 Å². The van der Waals surface area contributed by atoms with Crippen molar-refractivity contribution >= 4 is 38.9 Å². The Morgan fingerprint density at radius 1 is 1.48 bits per heavy atom. The van der Waals surface area contributed by atoms with Crippen molar-refractivity contribution in [3.8, 4) is 0 Å². The summed E-state index contributed by atoms with van der Waals surface area (Å²) >= 11 is 5.26. The van der Waals surface area contributed by atoms with Gasteiger partial charge in [0.1, 0.15) is 0 Å². The summed E-state index contributed by atoms with van der Waals surface area (Å²) in [5.41, 5.74) is 8.40. The Morgan fingerprint density at radius 2 is 2.29 bits per heavy atom. The molecule has 0 aliphatic carbocycles. The first-order valence-electron chi connectivity index (χ1n) is 7.04.